The molecule has 0 aromatic carbocycles. The van der Waals surface area contributed by atoms with Gasteiger partial charge in [0.05, 0.1) is 13.2 Å². The summed E-state index contributed by atoms with van der Waals surface area (Å²) in [7, 11) is 0. The van der Waals surface area contributed by atoms with Gasteiger partial charge in [-0.25, -0.2) is 9.59 Å². The Kier molecular flexibility index (Phi) is 14.4. The van der Waals surface area contributed by atoms with Gasteiger partial charge in [-0.1, -0.05) is 59.8 Å². The fraction of sp³-hybridized carbons (Fsp3) is 0.800. The number of hydrogen-bond acceptors (Lipinski definition) is 4. The van der Waals surface area contributed by atoms with E-state index < -0.39 is 0 Å². The van der Waals surface area contributed by atoms with E-state index in [4.69, 9.17) is 9.47 Å². The standard InChI is InChI=1S/C20H36O4/c1-5-9-12-14-18(20(22)24-16-11-7-3)17(13-8-4)19(21)23-15-10-6-2/h5-16H2,1-4H3. The van der Waals surface area contributed by atoms with Crippen LogP contribution in [0.15, 0.2) is 11.1 Å². The molecule has 0 heterocycles. The van der Waals surface area contributed by atoms with Gasteiger partial charge in [0, 0.05) is 11.1 Å². The van der Waals surface area contributed by atoms with Crippen molar-refractivity contribution in [2.75, 3.05) is 13.2 Å². The van der Waals surface area contributed by atoms with E-state index in [-0.39, 0.29) is 11.9 Å². The molecule has 0 amide bonds. The van der Waals surface area contributed by atoms with E-state index in [9.17, 15) is 9.59 Å². The lowest BCUT2D eigenvalue weighted by Crippen LogP contribution is -2.18. The highest BCUT2D eigenvalue weighted by atomic mass is 16.5. The third kappa shape index (κ3) is 9.74. The highest BCUT2D eigenvalue weighted by molar-refractivity contribution is 6.00. The van der Waals surface area contributed by atoms with Crippen LogP contribution in [-0.2, 0) is 19.1 Å². The Bertz CT molecular complexity index is 385. The molecule has 0 spiro atoms. The molecule has 0 aliphatic carbocycles. The van der Waals surface area contributed by atoms with Crippen LogP contribution in [0.3, 0.4) is 0 Å². The largest absolute Gasteiger partial charge is 0.462 e. The molecule has 4 nitrogen and oxygen atoms in total. The van der Waals surface area contributed by atoms with E-state index in [0.29, 0.717) is 37.2 Å². The van der Waals surface area contributed by atoms with Gasteiger partial charge in [0.25, 0.3) is 0 Å². The summed E-state index contributed by atoms with van der Waals surface area (Å²) in [6.45, 7) is 9.06. The SMILES string of the molecule is CCCCCC(C(=O)OCCCC)=C(CCC)C(=O)OCCCC. The van der Waals surface area contributed by atoms with Gasteiger partial charge in [0.15, 0.2) is 0 Å². The molecule has 0 fully saturated rings. The Morgan fingerprint density at radius 2 is 1.04 bits per heavy atom. The first kappa shape index (κ1) is 22.7. The summed E-state index contributed by atoms with van der Waals surface area (Å²) in [6.07, 6.45) is 8.60. The number of carbonyl (C=O) groups excluding carboxylic acids is 2. The number of rotatable bonds is 14. The molecule has 0 aromatic heterocycles. The molecule has 140 valence electrons. The summed E-state index contributed by atoms with van der Waals surface area (Å²) in [5.74, 6) is -0.681. The Morgan fingerprint density at radius 1 is 0.583 bits per heavy atom. The lowest BCUT2D eigenvalue weighted by Gasteiger charge is -2.14. The summed E-state index contributed by atoms with van der Waals surface area (Å²) in [5.41, 5.74) is 1.05. The quantitative estimate of drug-likeness (QED) is 0.243. The topological polar surface area (TPSA) is 52.6 Å². The number of unbranched alkanes of at least 4 members (excludes halogenated alkanes) is 4. The average Bonchev–Trinajstić information content (AvgIpc) is 2.57. The van der Waals surface area contributed by atoms with Crippen LogP contribution in [0.1, 0.15) is 91.9 Å². The first-order valence-corrected chi connectivity index (χ1v) is 9.68. The Labute approximate surface area is 148 Å². The molecule has 0 aromatic rings. The maximum Gasteiger partial charge on any atom is 0.334 e. The molecule has 4 heteroatoms. The average molecular weight is 341 g/mol. The third-order valence-electron chi connectivity index (χ3n) is 3.85. The van der Waals surface area contributed by atoms with E-state index in [1.807, 2.05) is 6.92 Å². The van der Waals surface area contributed by atoms with E-state index in [1.54, 1.807) is 0 Å². The maximum absolute atomic E-state index is 12.5. The van der Waals surface area contributed by atoms with Crippen molar-refractivity contribution in [2.45, 2.75) is 91.9 Å². The number of esters is 2. The van der Waals surface area contributed by atoms with Crippen LogP contribution < -0.4 is 0 Å². The van der Waals surface area contributed by atoms with Crippen LogP contribution in [0, 0.1) is 0 Å². The second-order valence-electron chi connectivity index (χ2n) is 6.14. The minimum absolute atomic E-state index is 0.338. The second kappa shape index (κ2) is 15.2. The van der Waals surface area contributed by atoms with Gasteiger partial charge in [-0.15, -0.1) is 0 Å². The van der Waals surface area contributed by atoms with E-state index in [2.05, 4.69) is 20.8 Å². The minimum atomic E-state index is -0.343. The smallest absolute Gasteiger partial charge is 0.334 e. The molecule has 24 heavy (non-hydrogen) atoms. The summed E-state index contributed by atoms with van der Waals surface area (Å²) >= 11 is 0. The molecule has 0 N–H and O–H groups in total. The van der Waals surface area contributed by atoms with Gasteiger partial charge in [-0.2, -0.15) is 0 Å². The first-order chi connectivity index (χ1) is 11.6. The molecule has 0 atom stereocenters. The number of ether oxygens (including phenoxy) is 2. The van der Waals surface area contributed by atoms with Crippen molar-refractivity contribution in [3.05, 3.63) is 11.1 Å². The summed E-state index contributed by atoms with van der Waals surface area (Å²) in [6, 6.07) is 0. The Morgan fingerprint density at radius 3 is 1.46 bits per heavy atom. The van der Waals surface area contributed by atoms with E-state index >= 15 is 0 Å². The van der Waals surface area contributed by atoms with Crippen molar-refractivity contribution in [2.24, 2.45) is 0 Å². The third-order valence-corrected chi connectivity index (χ3v) is 3.85. The lowest BCUT2D eigenvalue weighted by atomic mass is 9.98. The molecule has 0 unspecified atom stereocenters. The molecular formula is C20H36O4. The fourth-order valence-electron chi connectivity index (χ4n) is 2.35. The van der Waals surface area contributed by atoms with Crippen LogP contribution in [0.5, 0.6) is 0 Å². The zero-order chi connectivity index (χ0) is 18.2. The summed E-state index contributed by atoms with van der Waals surface area (Å²) < 4.78 is 10.7. The summed E-state index contributed by atoms with van der Waals surface area (Å²) in [5, 5.41) is 0. The number of carbonyl (C=O) groups is 2. The van der Waals surface area contributed by atoms with Crippen LogP contribution in [0.4, 0.5) is 0 Å². The van der Waals surface area contributed by atoms with Crippen molar-refractivity contribution in [3.63, 3.8) is 0 Å². The van der Waals surface area contributed by atoms with Crippen LogP contribution >= 0.6 is 0 Å². The molecule has 0 radical (unpaired) electrons. The van der Waals surface area contributed by atoms with Crippen molar-refractivity contribution >= 4 is 11.9 Å². The minimum Gasteiger partial charge on any atom is -0.462 e. The van der Waals surface area contributed by atoms with Crippen molar-refractivity contribution in [3.8, 4) is 0 Å². The van der Waals surface area contributed by atoms with Crippen molar-refractivity contribution < 1.29 is 19.1 Å². The zero-order valence-corrected chi connectivity index (χ0v) is 16.1. The molecule has 0 aliphatic heterocycles. The van der Waals surface area contributed by atoms with Crippen molar-refractivity contribution in [1.82, 2.24) is 0 Å². The van der Waals surface area contributed by atoms with Gasteiger partial charge in [0.1, 0.15) is 0 Å². The van der Waals surface area contributed by atoms with Crippen LogP contribution in [-0.4, -0.2) is 25.2 Å². The Hall–Kier alpha value is -1.32. The van der Waals surface area contributed by atoms with Crippen LogP contribution in [0.2, 0.25) is 0 Å². The predicted octanol–water partition coefficient (Wildman–Crippen LogP) is 5.35. The zero-order valence-electron chi connectivity index (χ0n) is 16.1. The van der Waals surface area contributed by atoms with Crippen LogP contribution in [0.25, 0.3) is 0 Å². The normalized spacial score (nSPS) is 11.8. The Balaban J connectivity index is 5.19. The lowest BCUT2D eigenvalue weighted by molar-refractivity contribution is -0.142. The molecule has 0 saturated heterocycles. The maximum atomic E-state index is 12.5. The monoisotopic (exact) mass is 340 g/mol. The molecule has 0 saturated carbocycles. The second-order valence-corrected chi connectivity index (χ2v) is 6.14. The molecule has 0 rings (SSSR count). The first-order valence-electron chi connectivity index (χ1n) is 9.68. The van der Waals surface area contributed by atoms with E-state index in [1.165, 1.54) is 0 Å². The van der Waals surface area contributed by atoms with Gasteiger partial charge in [-0.3, -0.25) is 0 Å². The highest BCUT2D eigenvalue weighted by Crippen LogP contribution is 2.21. The highest BCUT2D eigenvalue weighted by Gasteiger charge is 2.22. The van der Waals surface area contributed by atoms with Gasteiger partial charge in [-0.05, 0) is 32.1 Å². The van der Waals surface area contributed by atoms with E-state index in [0.717, 1.165) is 51.4 Å². The van der Waals surface area contributed by atoms with Gasteiger partial charge >= 0.3 is 11.9 Å². The molecule has 0 bridgehead atoms. The van der Waals surface area contributed by atoms with Crippen molar-refractivity contribution in [1.29, 1.82) is 0 Å². The fourth-order valence-corrected chi connectivity index (χ4v) is 2.35. The molecular weight excluding hydrogens is 304 g/mol. The molecule has 0 aliphatic rings. The van der Waals surface area contributed by atoms with Gasteiger partial charge in [0.2, 0.25) is 0 Å². The summed E-state index contributed by atoms with van der Waals surface area (Å²) in [4.78, 5) is 24.9. The predicted molar refractivity (Wildman–Crippen MR) is 97.8 cm³/mol. The number of hydrogen-bond donors (Lipinski definition) is 0. The van der Waals surface area contributed by atoms with Gasteiger partial charge < -0.3 is 9.47 Å².